The highest BCUT2D eigenvalue weighted by Gasteiger charge is 2.50. The number of amides is 2. The first-order chi connectivity index (χ1) is 10.6. The third-order valence-corrected chi connectivity index (χ3v) is 3.53. The Balaban J connectivity index is 3.21. The van der Waals surface area contributed by atoms with E-state index in [4.69, 9.17) is 19.7 Å². The zero-order chi connectivity index (χ0) is 17.9. The normalized spacial score (nSPS) is 32.2. The van der Waals surface area contributed by atoms with E-state index in [1.165, 1.54) is 6.92 Å². The molecule has 10 heteroatoms. The zero-order valence-electron chi connectivity index (χ0n) is 12.9. The number of hydrogen-bond donors (Lipinski definition) is 4. The van der Waals surface area contributed by atoms with Crippen LogP contribution in [0.3, 0.4) is 0 Å². The highest BCUT2D eigenvalue weighted by molar-refractivity contribution is 5.93. The van der Waals surface area contributed by atoms with Crippen molar-refractivity contribution >= 4 is 17.8 Å². The van der Waals surface area contributed by atoms with Gasteiger partial charge in [0.2, 0.25) is 11.8 Å². The van der Waals surface area contributed by atoms with Crippen molar-refractivity contribution in [1.29, 1.82) is 0 Å². The van der Waals surface area contributed by atoms with Gasteiger partial charge >= 0.3 is 5.97 Å². The monoisotopic (exact) mass is 335 g/mol. The summed E-state index contributed by atoms with van der Waals surface area (Å²) in [4.78, 5) is 35.0. The maximum Gasteiger partial charge on any atom is 0.332 e. The minimum atomic E-state index is -1.76. The van der Waals surface area contributed by atoms with Gasteiger partial charge in [0.1, 0.15) is 24.4 Å². The highest BCUT2D eigenvalue weighted by atomic mass is 16.6. The molecule has 10 nitrogen and oxygen atoms in total. The molecule has 132 valence electrons. The number of hydrogen-bond acceptors (Lipinski definition) is 8. The van der Waals surface area contributed by atoms with Crippen molar-refractivity contribution in [3.05, 3.63) is 0 Å². The fraction of sp³-hybridized carbons (Fsp3) is 0.769. The van der Waals surface area contributed by atoms with Crippen LogP contribution >= 0.6 is 0 Å². The van der Waals surface area contributed by atoms with Crippen molar-refractivity contribution in [2.75, 3.05) is 6.61 Å². The van der Waals surface area contributed by atoms with Crippen LogP contribution < -0.4 is 0 Å². The van der Waals surface area contributed by atoms with E-state index in [9.17, 15) is 24.6 Å². The molecule has 1 unspecified atom stereocenters. The van der Waals surface area contributed by atoms with Crippen molar-refractivity contribution in [2.24, 2.45) is 0 Å². The molecule has 6 atom stereocenters. The van der Waals surface area contributed by atoms with Gasteiger partial charge in [-0.3, -0.25) is 14.5 Å². The number of aliphatic hydroxyl groups excluding tert-OH is 3. The van der Waals surface area contributed by atoms with Crippen molar-refractivity contribution in [2.45, 2.75) is 57.5 Å². The van der Waals surface area contributed by atoms with Gasteiger partial charge in [-0.05, 0) is 6.92 Å². The molecule has 23 heavy (non-hydrogen) atoms. The van der Waals surface area contributed by atoms with E-state index < -0.39 is 61.1 Å². The van der Waals surface area contributed by atoms with E-state index in [1.54, 1.807) is 0 Å². The topological polar surface area (TPSA) is 154 Å². The van der Waals surface area contributed by atoms with E-state index >= 15 is 0 Å². The molecule has 2 amide bonds. The lowest BCUT2D eigenvalue weighted by Gasteiger charge is -2.46. The van der Waals surface area contributed by atoms with Gasteiger partial charge in [0, 0.05) is 13.8 Å². The SMILES string of the molecule is CC(=O)N(C(C)=O)[C@H]1C(O)O[C@H](CO)[C@@H](O)[C@@H]1O[C@H](C)C(=O)O. The summed E-state index contributed by atoms with van der Waals surface area (Å²) >= 11 is 0. The summed E-state index contributed by atoms with van der Waals surface area (Å²) in [6, 6.07) is -1.45. The molecule has 1 aliphatic heterocycles. The first-order valence-electron chi connectivity index (χ1n) is 6.92. The molecule has 0 bridgehead atoms. The van der Waals surface area contributed by atoms with Gasteiger partial charge in [-0.1, -0.05) is 0 Å². The number of carboxylic acids is 1. The molecule has 1 fully saturated rings. The number of aliphatic carboxylic acids is 1. The molecular formula is C13H21NO9. The molecule has 0 saturated carbocycles. The minimum Gasteiger partial charge on any atom is -0.479 e. The fourth-order valence-electron chi connectivity index (χ4n) is 2.44. The number of imide groups is 1. The Morgan fingerprint density at radius 2 is 1.74 bits per heavy atom. The smallest absolute Gasteiger partial charge is 0.332 e. The predicted molar refractivity (Wildman–Crippen MR) is 72.9 cm³/mol. The van der Waals surface area contributed by atoms with Crippen LogP contribution in [0.25, 0.3) is 0 Å². The lowest BCUT2D eigenvalue weighted by molar-refractivity contribution is -0.280. The molecule has 1 rings (SSSR count). The Hall–Kier alpha value is -1.59. The van der Waals surface area contributed by atoms with Crippen molar-refractivity contribution in [3.63, 3.8) is 0 Å². The molecule has 1 saturated heterocycles. The standard InChI is InChI=1S/C13H21NO9/c1-5(12(19)20)22-11-9(14(6(2)16)7(3)17)13(21)23-8(4-15)10(11)18/h5,8-11,13,15,18,21H,4H2,1-3H3,(H,19,20)/t5-,8-,9-,10-,11-,13?/m1/s1. The van der Waals surface area contributed by atoms with Crippen molar-refractivity contribution in [3.8, 4) is 0 Å². The summed E-state index contributed by atoms with van der Waals surface area (Å²) in [6.45, 7) is 2.65. The average molecular weight is 335 g/mol. The first kappa shape index (κ1) is 19.5. The lowest BCUT2D eigenvalue weighted by atomic mass is 9.95. The van der Waals surface area contributed by atoms with E-state index in [2.05, 4.69) is 0 Å². The predicted octanol–water partition coefficient (Wildman–Crippen LogP) is -2.32. The first-order valence-corrected chi connectivity index (χ1v) is 6.92. The molecule has 1 aliphatic rings. The van der Waals surface area contributed by atoms with E-state index in [0.717, 1.165) is 13.8 Å². The molecule has 0 aromatic rings. The van der Waals surface area contributed by atoms with Gasteiger partial charge in [-0.15, -0.1) is 0 Å². The van der Waals surface area contributed by atoms with Crippen molar-refractivity contribution in [1.82, 2.24) is 4.90 Å². The van der Waals surface area contributed by atoms with Gasteiger partial charge in [-0.25, -0.2) is 4.79 Å². The molecule has 1 heterocycles. The van der Waals surface area contributed by atoms with E-state index in [-0.39, 0.29) is 0 Å². The Kier molecular flexibility index (Phi) is 6.59. The summed E-state index contributed by atoms with van der Waals surface area (Å²) in [5, 5.41) is 38.4. The number of rotatable bonds is 5. The van der Waals surface area contributed by atoms with Gasteiger partial charge in [0.15, 0.2) is 12.4 Å². The van der Waals surface area contributed by atoms with Crippen LogP contribution in [-0.2, 0) is 23.9 Å². The van der Waals surface area contributed by atoms with Crippen LogP contribution in [-0.4, -0.2) is 86.5 Å². The maximum absolute atomic E-state index is 11.7. The quantitative estimate of drug-likeness (QED) is 0.433. The molecule has 4 N–H and O–H groups in total. The van der Waals surface area contributed by atoms with Crippen LogP contribution in [0.5, 0.6) is 0 Å². The number of aliphatic hydroxyl groups is 3. The van der Waals surface area contributed by atoms with Crippen molar-refractivity contribution < 1.29 is 44.3 Å². The van der Waals surface area contributed by atoms with Crippen LogP contribution in [0.1, 0.15) is 20.8 Å². The fourth-order valence-corrected chi connectivity index (χ4v) is 2.44. The third kappa shape index (κ3) is 4.24. The molecule has 0 aromatic heterocycles. The minimum absolute atomic E-state index is 0.626. The van der Waals surface area contributed by atoms with Crippen LogP contribution in [0, 0.1) is 0 Å². The third-order valence-electron chi connectivity index (χ3n) is 3.53. The summed E-state index contributed by atoms with van der Waals surface area (Å²) in [6.07, 6.45) is -7.41. The number of carboxylic acid groups (broad SMARTS) is 1. The second-order valence-corrected chi connectivity index (χ2v) is 5.22. The number of carbonyl (C=O) groups is 3. The molecule has 0 radical (unpaired) electrons. The average Bonchev–Trinajstić information content (AvgIpc) is 2.44. The Morgan fingerprint density at radius 3 is 2.13 bits per heavy atom. The summed E-state index contributed by atoms with van der Waals surface area (Å²) < 4.78 is 10.2. The highest BCUT2D eigenvalue weighted by Crippen LogP contribution is 2.27. The number of carbonyl (C=O) groups excluding carboxylic acids is 2. The van der Waals surface area contributed by atoms with Crippen LogP contribution in [0.15, 0.2) is 0 Å². The zero-order valence-corrected chi connectivity index (χ0v) is 12.9. The number of ether oxygens (including phenoxy) is 2. The molecular weight excluding hydrogens is 314 g/mol. The molecule has 0 aromatic carbocycles. The molecule has 0 aliphatic carbocycles. The second-order valence-electron chi connectivity index (χ2n) is 5.22. The Morgan fingerprint density at radius 1 is 1.22 bits per heavy atom. The Labute approximate surface area is 132 Å². The maximum atomic E-state index is 11.7. The van der Waals surface area contributed by atoms with Gasteiger partial charge in [0.05, 0.1) is 6.61 Å². The van der Waals surface area contributed by atoms with Crippen LogP contribution in [0.4, 0.5) is 0 Å². The largest absolute Gasteiger partial charge is 0.479 e. The van der Waals surface area contributed by atoms with E-state index in [0.29, 0.717) is 4.90 Å². The van der Waals surface area contributed by atoms with Gasteiger partial charge in [-0.2, -0.15) is 0 Å². The second kappa shape index (κ2) is 7.79. The summed E-state index contributed by atoms with van der Waals surface area (Å²) in [5.74, 6) is -2.82. The van der Waals surface area contributed by atoms with E-state index in [1.807, 2.05) is 0 Å². The summed E-state index contributed by atoms with van der Waals surface area (Å²) in [5.41, 5.74) is 0. The lowest BCUT2D eigenvalue weighted by Crippen LogP contribution is -2.67. The number of nitrogens with zero attached hydrogens (tertiary/aromatic N) is 1. The van der Waals surface area contributed by atoms with Gasteiger partial charge < -0.3 is 29.9 Å². The van der Waals surface area contributed by atoms with Gasteiger partial charge in [0.25, 0.3) is 0 Å². The van der Waals surface area contributed by atoms with Crippen LogP contribution in [0.2, 0.25) is 0 Å². The summed E-state index contributed by atoms with van der Waals surface area (Å²) in [7, 11) is 0. The molecule has 0 spiro atoms. The Bertz CT molecular complexity index is 454.